The van der Waals surface area contributed by atoms with Crippen LogP contribution in [0.5, 0.6) is 0 Å². The van der Waals surface area contributed by atoms with Crippen molar-refractivity contribution < 1.29 is 42.1 Å². The third-order valence-electron chi connectivity index (χ3n) is 8.17. The zero-order valence-electron chi connectivity index (χ0n) is 32.6. The third-order valence-corrected chi connectivity index (χ3v) is 9.16. The van der Waals surface area contributed by atoms with Gasteiger partial charge in [-0.3, -0.25) is 18.6 Å². The van der Waals surface area contributed by atoms with Gasteiger partial charge < -0.3 is 18.9 Å². The molecular weight excluding hydrogens is 653 g/mol. The molecule has 0 bridgehead atoms. The van der Waals surface area contributed by atoms with Gasteiger partial charge in [0.25, 0.3) is 0 Å². The van der Waals surface area contributed by atoms with E-state index < -0.39 is 26.5 Å². The number of carbonyl (C=O) groups is 2. The van der Waals surface area contributed by atoms with Gasteiger partial charge in [-0.2, -0.15) is 0 Å². The van der Waals surface area contributed by atoms with Crippen molar-refractivity contribution in [3.05, 3.63) is 36.5 Å². The SMILES string of the molecule is CCCCC/C=C\C/C=C\C/C=C\CCCCC(=O)O[C@H](COC(=O)CCCCCCCCCCCCC)COP(=O)(O)OCC[N+](C)(C)C. The number of allylic oxidation sites excluding steroid dienone is 6. The molecule has 0 aromatic rings. The van der Waals surface area contributed by atoms with Crippen LogP contribution in [0.25, 0.3) is 0 Å². The summed E-state index contributed by atoms with van der Waals surface area (Å²) in [4.78, 5) is 35.2. The summed E-state index contributed by atoms with van der Waals surface area (Å²) in [5.41, 5.74) is 0. The van der Waals surface area contributed by atoms with Crippen molar-refractivity contribution >= 4 is 19.8 Å². The van der Waals surface area contributed by atoms with E-state index in [1.54, 1.807) is 0 Å². The number of esters is 2. The molecule has 0 rings (SSSR count). The molecule has 0 radical (unpaired) electrons. The van der Waals surface area contributed by atoms with Crippen molar-refractivity contribution in [2.45, 2.75) is 161 Å². The largest absolute Gasteiger partial charge is 0.472 e. The molecule has 292 valence electrons. The summed E-state index contributed by atoms with van der Waals surface area (Å²) in [7, 11) is 1.45. The second-order valence-electron chi connectivity index (χ2n) is 14.3. The lowest BCUT2D eigenvalue weighted by atomic mass is 10.1. The maximum atomic E-state index is 12.6. The van der Waals surface area contributed by atoms with Gasteiger partial charge in [-0.05, 0) is 51.4 Å². The first-order valence-electron chi connectivity index (χ1n) is 19.7. The molecule has 0 saturated carbocycles. The molecule has 0 spiro atoms. The molecule has 0 aliphatic heterocycles. The summed E-state index contributed by atoms with van der Waals surface area (Å²) in [6.45, 7) is 4.32. The Kier molecular flexibility index (Phi) is 31.9. The maximum absolute atomic E-state index is 12.6. The molecule has 50 heavy (non-hydrogen) atoms. The molecule has 0 aromatic carbocycles. The van der Waals surface area contributed by atoms with E-state index in [4.69, 9.17) is 18.5 Å². The Labute approximate surface area is 306 Å². The second-order valence-corrected chi connectivity index (χ2v) is 15.8. The van der Waals surface area contributed by atoms with Crippen LogP contribution in [-0.4, -0.2) is 74.9 Å². The molecule has 0 aliphatic rings. The molecule has 0 aliphatic carbocycles. The molecular formula is C40H75NO8P+. The smallest absolute Gasteiger partial charge is 0.462 e. The summed E-state index contributed by atoms with van der Waals surface area (Å²) in [5.74, 6) is -0.845. The highest BCUT2D eigenvalue weighted by atomic mass is 31.2. The van der Waals surface area contributed by atoms with Gasteiger partial charge in [0.15, 0.2) is 6.10 Å². The van der Waals surface area contributed by atoms with Crippen LogP contribution in [0.1, 0.15) is 155 Å². The van der Waals surface area contributed by atoms with Gasteiger partial charge in [0, 0.05) is 12.8 Å². The number of phosphoric ester groups is 1. The second kappa shape index (κ2) is 33.1. The van der Waals surface area contributed by atoms with Crippen molar-refractivity contribution in [1.29, 1.82) is 0 Å². The number of hydrogen-bond donors (Lipinski definition) is 1. The van der Waals surface area contributed by atoms with E-state index in [1.807, 2.05) is 21.1 Å². The number of rotatable bonds is 35. The van der Waals surface area contributed by atoms with E-state index in [0.29, 0.717) is 17.4 Å². The number of unbranched alkanes of at least 4 members (excludes halogenated alkanes) is 15. The zero-order chi connectivity index (χ0) is 37.2. The molecule has 1 N–H and O–H groups in total. The summed E-state index contributed by atoms with van der Waals surface area (Å²) < 4.78 is 34.1. The Morgan fingerprint density at radius 1 is 0.620 bits per heavy atom. The van der Waals surface area contributed by atoms with Crippen LogP contribution in [0.15, 0.2) is 36.5 Å². The Morgan fingerprint density at radius 2 is 1.08 bits per heavy atom. The lowest BCUT2D eigenvalue weighted by molar-refractivity contribution is -0.870. The fourth-order valence-electron chi connectivity index (χ4n) is 5.02. The Bertz CT molecular complexity index is 959. The summed E-state index contributed by atoms with van der Waals surface area (Å²) >= 11 is 0. The van der Waals surface area contributed by atoms with Crippen molar-refractivity contribution in [3.63, 3.8) is 0 Å². The number of hydrogen-bond acceptors (Lipinski definition) is 7. The van der Waals surface area contributed by atoms with E-state index in [-0.39, 0.29) is 32.0 Å². The Balaban J connectivity index is 4.51. The topological polar surface area (TPSA) is 108 Å². The Morgan fingerprint density at radius 3 is 1.64 bits per heavy atom. The van der Waals surface area contributed by atoms with Crippen LogP contribution in [-0.2, 0) is 32.7 Å². The van der Waals surface area contributed by atoms with Crippen molar-refractivity contribution in [1.82, 2.24) is 0 Å². The van der Waals surface area contributed by atoms with E-state index in [9.17, 15) is 19.0 Å². The average molecular weight is 729 g/mol. The third kappa shape index (κ3) is 36.0. The van der Waals surface area contributed by atoms with E-state index in [2.05, 4.69) is 50.3 Å². The normalized spacial score (nSPS) is 14.1. The van der Waals surface area contributed by atoms with Gasteiger partial charge in [0.2, 0.25) is 0 Å². The fraction of sp³-hybridized carbons (Fsp3) is 0.800. The molecule has 0 aromatic heterocycles. The first-order chi connectivity index (χ1) is 24.0. The van der Waals surface area contributed by atoms with Gasteiger partial charge in [-0.25, -0.2) is 4.57 Å². The van der Waals surface area contributed by atoms with E-state index in [1.165, 1.54) is 70.6 Å². The highest BCUT2D eigenvalue weighted by Crippen LogP contribution is 2.43. The van der Waals surface area contributed by atoms with Crippen LogP contribution in [0.3, 0.4) is 0 Å². The fourth-order valence-corrected chi connectivity index (χ4v) is 5.76. The van der Waals surface area contributed by atoms with Crippen molar-refractivity contribution in [2.24, 2.45) is 0 Å². The number of likely N-dealkylation sites (N-methyl/N-ethyl adjacent to an activating group) is 1. The number of ether oxygens (including phenoxy) is 2. The minimum absolute atomic E-state index is 0.0247. The van der Waals surface area contributed by atoms with Crippen molar-refractivity contribution in [2.75, 3.05) is 47.5 Å². The predicted octanol–water partition coefficient (Wildman–Crippen LogP) is 10.6. The average Bonchev–Trinajstić information content (AvgIpc) is 3.06. The number of phosphoric acid groups is 1. The number of quaternary nitrogens is 1. The van der Waals surface area contributed by atoms with Crippen molar-refractivity contribution in [3.8, 4) is 0 Å². The summed E-state index contributed by atoms with van der Waals surface area (Å²) in [6.07, 6.45) is 34.8. The van der Waals surface area contributed by atoms with Gasteiger partial charge in [0.1, 0.15) is 19.8 Å². The van der Waals surface area contributed by atoms with Crippen LogP contribution >= 0.6 is 7.82 Å². The molecule has 9 nitrogen and oxygen atoms in total. The minimum atomic E-state index is -4.38. The number of carbonyl (C=O) groups excluding carboxylic acids is 2. The minimum Gasteiger partial charge on any atom is -0.462 e. The lowest BCUT2D eigenvalue weighted by Gasteiger charge is -2.24. The van der Waals surface area contributed by atoms with E-state index >= 15 is 0 Å². The standard InChI is InChI=1S/C40H74NO8P/c1-6-8-10-12-14-16-18-19-20-21-23-25-27-29-31-33-40(43)49-38(37-48-50(44,45)47-35-34-41(3,4)5)36-46-39(42)32-30-28-26-24-22-17-15-13-11-9-7-2/h14,16,19-20,23,25,38H,6-13,15,17-18,21-22,24,26-37H2,1-5H3/p+1/b16-14-,20-19-,25-23-/t38-/m1/s1. The summed E-state index contributed by atoms with van der Waals surface area (Å²) in [6, 6.07) is 0. The Hall–Kier alpha value is -1.77. The first kappa shape index (κ1) is 48.2. The van der Waals surface area contributed by atoms with Gasteiger partial charge in [-0.1, -0.05) is 127 Å². The lowest BCUT2D eigenvalue weighted by Crippen LogP contribution is -2.37. The van der Waals surface area contributed by atoms with Gasteiger partial charge in [0.05, 0.1) is 27.7 Å². The highest BCUT2D eigenvalue weighted by molar-refractivity contribution is 7.47. The van der Waals surface area contributed by atoms with Crippen LogP contribution in [0.2, 0.25) is 0 Å². The first-order valence-corrected chi connectivity index (χ1v) is 21.2. The van der Waals surface area contributed by atoms with Crippen LogP contribution in [0, 0.1) is 0 Å². The molecule has 0 saturated heterocycles. The molecule has 0 amide bonds. The zero-order valence-corrected chi connectivity index (χ0v) is 33.5. The maximum Gasteiger partial charge on any atom is 0.472 e. The molecule has 2 atom stereocenters. The van der Waals surface area contributed by atoms with E-state index in [0.717, 1.165) is 51.4 Å². The summed E-state index contributed by atoms with van der Waals surface area (Å²) in [5, 5.41) is 0. The molecule has 1 unspecified atom stereocenters. The molecule has 0 fully saturated rings. The van der Waals surface area contributed by atoms with Gasteiger partial charge >= 0.3 is 19.8 Å². The number of nitrogens with zero attached hydrogens (tertiary/aromatic N) is 1. The monoisotopic (exact) mass is 729 g/mol. The van der Waals surface area contributed by atoms with Crippen LogP contribution in [0.4, 0.5) is 0 Å². The van der Waals surface area contributed by atoms with Crippen LogP contribution < -0.4 is 0 Å². The predicted molar refractivity (Wildman–Crippen MR) is 206 cm³/mol. The highest BCUT2D eigenvalue weighted by Gasteiger charge is 2.27. The molecule has 10 heteroatoms. The van der Waals surface area contributed by atoms with Gasteiger partial charge in [-0.15, -0.1) is 0 Å². The quantitative estimate of drug-likeness (QED) is 0.0226. The molecule has 0 heterocycles.